The molecule has 0 bridgehead atoms. The second kappa shape index (κ2) is 8.78. The molecule has 2 amide bonds. The number of carbonyl (C=O) groups excluding carboxylic acids is 2. The monoisotopic (exact) mass is 409 g/mol. The Balaban J connectivity index is 1.27. The van der Waals surface area contributed by atoms with Crippen LogP contribution in [0.5, 0.6) is 0 Å². The van der Waals surface area contributed by atoms with E-state index in [4.69, 9.17) is 0 Å². The molecule has 3 heterocycles. The summed E-state index contributed by atoms with van der Waals surface area (Å²) in [4.78, 5) is 36.7. The van der Waals surface area contributed by atoms with Crippen molar-refractivity contribution < 1.29 is 14.0 Å². The Bertz CT molecular complexity index is 1020. The van der Waals surface area contributed by atoms with Crippen molar-refractivity contribution in [2.75, 3.05) is 38.0 Å². The lowest BCUT2D eigenvalue weighted by Crippen LogP contribution is -2.50. The fourth-order valence-corrected chi connectivity index (χ4v) is 3.24. The molecule has 1 aliphatic rings. The van der Waals surface area contributed by atoms with E-state index < -0.39 is 5.82 Å². The number of carbonyl (C=O) groups is 2. The predicted molar refractivity (Wildman–Crippen MR) is 107 cm³/mol. The first-order valence-electron chi connectivity index (χ1n) is 9.46. The van der Waals surface area contributed by atoms with E-state index in [0.29, 0.717) is 43.2 Å². The zero-order valence-electron chi connectivity index (χ0n) is 16.1. The van der Waals surface area contributed by atoms with E-state index in [1.807, 2.05) is 4.90 Å². The van der Waals surface area contributed by atoms with Crippen LogP contribution in [-0.2, 0) is 4.79 Å². The highest BCUT2D eigenvalue weighted by molar-refractivity contribution is 5.94. The molecule has 10 heteroatoms. The first-order chi connectivity index (χ1) is 14.6. The number of nitrogens with zero attached hydrogens (tertiary/aromatic N) is 6. The van der Waals surface area contributed by atoms with Gasteiger partial charge in [0.25, 0.3) is 5.91 Å². The van der Waals surface area contributed by atoms with Gasteiger partial charge in [0.1, 0.15) is 18.5 Å². The van der Waals surface area contributed by atoms with Gasteiger partial charge in [0, 0.05) is 38.1 Å². The number of benzene rings is 1. The van der Waals surface area contributed by atoms with E-state index >= 15 is 0 Å². The third kappa shape index (κ3) is 4.66. The Morgan fingerprint density at radius 3 is 2.60 bits per heavy atom. The highest BCUT2D eigenvalue weighted by Crippen LogP contribution is 2.12. The number of amides is 2. The van der Waals surface area contributed by atoms with Gasteiger partial charge >= 0.3 is 0 Å². The smallest absolute Gasteiger partial charge is 0.255 e. The van der Waals surface area contributed by atoms with Crippen molar-refractivity contribution in [3.05, 3.63) is 66.6 Å². The second-order valence-electron chi connectivity index (χ2n) is 6.87. The zero-order valence-corrected chi connectivity index (χ0v) is 16.1. The number of aromatic nitrogens is 4. The molecule has 0 unspecified atom stereocenters. The third-order valence-electron chi connectivity index (χ3n) is 4.78. The van der Waals surface area contributed by atoms with Crippen molar-refractivity contribution in [1.82, 2.24) is 29.5 Å². The van der Waals surface area contributed by atoms with Crippen LogP contribution in [0.15, 0.2) is 55.2 Å². The van der Waals surface area contributed by atoms with Gasteiger partial charge in [-0.25, -0.2) is 19.0 Å². The SMILES string of the molecule is O=C(CN1CCN(C(=O)c2ccc(-n3cncn3)nc2)CC1)Nc1cccc(F)c1. The minimum Gasteiger partial charge on any atom is -0.336 e. The van der Waals surface area contributed by atoms with Crippen LogP contribution >= 0.6 is 0 Å². The summed E-state index contributed by atoms with van der Waals surface area (Å²) in [6.45, 7) is 2.36. The topological polar surface area (TPSA) is 96.3 Å². The van der Waals surface area contributed by atoms with Crippen molar-refractivity contribution in [2.24, 2.45) is 0 Å². The molecule has 1 aliphatic heterocycles. The molecule has 0 saturated carbocycles. The maximum Gasteiger partial charge on any atom is 0.255 e. The van der Waals surface area contributed by atoms with E-state index in [2.05, 4.69) is 20.4 Å². The van der Waals surface area contributed by atoms with Gasteiger partial charge in [-0.15, -0.1) is 0 Å². The Morgan fingerprint density at radius 2 is 1.93 bits per heavy atom. The summed E-state index contributed by atoms with van der Waals surface area (Å²) in [5.74, 6) is -0.133. The van der Waals surface area contributed by atoms with Gasteiger partial charge in [-0.05, 0) is 30.3 Å². The molecule has 1 fully saturated rings. The van der Waals surface area contributed by atoms with Crippen molar-refractivity contribution in [1.29, 1.82) is 0 Å². The van der Waals surface area contributed by atoms with Crippen LogP contribution in [0.4, 0.5) is 10.1 Å². The summed E-state index contributed by atoms with van der Waals surface area (Å²) in [6.07, 6.45) is 4.48. The Kier molecular flexibility index (Phi) is 5.75. The number of halogens is 1. The Hall–Kier alpha value is -3.66. The largest absolute Gasteiger partial charge is 0.336 e. The van der Waals surface area contributed by atoms with Gasteiger partial charge < -0.3 is 10.2 Å². The minimum absolute atomic E-state index is 0.100. The number of pyridine rings is 1. The van der Waals surface area contributed by atoms with Crippen molar-refractivity contribution in [3.63, 3.8) is 0 Å². The summed E-state index contributed by atoms with van der Waals surface area (Å²) in [5.41, 5.74) is 0.923. The number of nitrogens with one attached hydrogen (secondary N) is 1. The third-order valence-corrected chi connectivity index (χ3v) is 4.78. The minimum atomic E-state index is -0.399. The molecule has 0 atom stereocenters. The first kappa shape index (κ1) is 19.6. The van der Waals surface area contributed by atoms with Crippen LogP contribution in [0, 0.1) is 5.82 Å². The molecular formula is C20H20FN7O2. The first-order valence-corrected chi connectivity index (χ1v) is 9.46. The van der Waals surface area contributed by atoms with Crippen LogP contribution < -0.4 is 5.32 Å². The average molecular weight is 409 g/mol. The fourth-order valence-electron chi connectivity index (χ4n) is 3.24. The molecule has 30 heavy (non-hydrogen) atoms. The molecule has 3 aromatic rings. The fraction of sp³-hybridized carbons (Fsp3) is 0.250. The molecule has 9 nitrogen and oxygen atoms in total. The number of rotatable bonds is 5. The van der Waals surface area contributed by atoms with E-state index in [1.54, 1.807) is 29.2 Å². The van der Waals surface area contributed by atoms with Gasteiger partial charge in [-0.3, -0.25) is 14.5 Å². The number of anilines is 1. The quantitative estimate of drug-likeness (QED) is 0.680. The lowest BCUT2D eigenvalue weighted by atomic mass is 10.2. The lowest BCUT2D eigenvalue weighted by molar-refractivity contribution is -0.117. The average Bonchev–Trinajstić information content (AvgIpc) is 3.29. The van der Waals surface area contributed by atoms with E-state index in [0.717, 1.165) is 0 Å². The normalized spacial score (nSPS) is 14.5. The molecule has 4 rings (SSSR count). The standard InChI is InChI=1S/C20H20FN7O2/c21-16-2-1-3-17(10-16)25-19(29)12-26-6-8-27(9-7-26)20(30)15-4-5-18(23-11-15)28-14-22-13-24-28/h1-5,10-11,13-14H,6-9,12H2,(H,25,29). The van der Waals surface area contributed by atoms with Crippen LogP contribution in [0.3, 0.4) is 0 Å². The van der Waals surface area contributed by atoms with Gasteiger partial charge in [0.2, 0.25) is 5.91 Å². The summed E-state index contributed by atoms with van der Waals surface area (Å²) in [6, 6.07) is 9.21. The predicted octanol–water partition coefficient (Wildman–Crippen LogP) is 1.20. The maximum absolute atomic E-state index is 13.2. The molecule has 1 N–H and O–H groups in total. The number of piperazine rings is 1. The van der Waals surface area contributed by atoms with Crippen LogP contribution in [0.2, 0.25) is 0 Å². The second-order valence-corrected chi connectivity index (χ2v) is 6.87. The van der Waals surface area contributed by atoms with Crippen molar-refractivity contribution in [3.8, 4) is 5.82 Å². The van der Waals surface area contributed by atoms with E-state index in [-0.39, 0.29) is 18.4 Å². The summed E-state index contributed by atoms with van der Waals surface area (Å²) < 4.78 is 14.7. The number of hydrogen-bond donors (Lipinski definition) is 1. The molecule has 0 aliphatic carbocycles. The van der Waals surface area contributed by atoms with Gasteiger partial charge in [0.05, 0.1) is 12.1 Å². The summed E-state index contributed by atoms with van der Waals surface area (Å²) >= 11 is 0. The molecule has 154 valence electrons. The van der Waals surface area contributed by atoms with Crippen LogP contribution in [0.25, 0.3) is 5.82 Å². The van der Waals surface area contributed by atoms with Gasteiger partial charge in [-0.2, -0.15) is 5.10 Å². The summed E-state index contributed by atoms with van der Waals surface area (Å²) in [5, 5.41) is 6.69. The maximum atomic E-state index is 13.2. The molecule has 1 aromatic carbocycles. The number of hydrogen-bond acceptors (Lipinski definition) is 6. The lowest BCUT2D eigenvalue weighted by Gasteiger charge is -2.34. The van der Waals surface area contributed by atoms with Crippen LogP contribution in [-0.4, -0.2) is 74.1 Å². The summed E-state index contributed by atoms with van der Waals surface area (Å²) in [7, 11) is 0. The van der Waals surface area contributed by atoms with E-state index in [1.165, 1.54) is 35.7 Å². The highest BCUT2D eigenvalue weighted by atomic mass is 19.1. The Labute approximate surface area is 172 Å². The van der Waals surface area contributed by atoms with Crippen molar-refractivity contribution >= 4 is 17.5 Å². The molecule has 0 spiro atoms. The molecule has 1 saturated heterocycles. The Morgan fingerprint density at radius 1 is 1.10 bits per heavy atom. The van der Waals surface area contributed by atoms with E-state index in [9.17, 15) is 14.0 Å². The van der Waals surface area contributed by atoms with Gasteiger partial charge in [-0.1, -0.05) is 6.07 Å². The van der Waals surface area contributed by atoms with Crippen LogP contribution in [0.1, 0.15) is 10.4 Å². The molecule has 0 radical (unpaired) electrons. The van der Waals surface area contributed by atoms with Gasteiger partial charge in [0.15, 0.2) is 5.82 Å². The highest BCUT2D eigenvalue weighted by Gasteiger charge is 2.23. The zero-order chi connectivity index (χ0) is 20.9. The van der Waals surface area contributed by atoms with Crippen molar-refractivity contribution in [2.45, 2.75) is 0 Å². The molecular weight excluding hydrogens is 389 g/mol. The molecule has 2 aromatic heterocycles.